The third kappa shape index (κ3) is 2.52. The summed E-state index contributed by atoms with van der Waals surface area (Å²) in [5, 5.41) is 0. The summed E-state index contributed by atoms with van der Waals surface area (Å²) >= 11 is 3.53. The fourth-order valence-corrected chi connectivity index (χ4v) is 2.42. The second-order valence-corrected chi connectivity index (χ2v) is 5.69. The van der Waals surface area contributed by atoms with Crippen LogP contribution in [0.25, 0.3) is 0 Å². The monoisotopic (exact) mass is 297 g/mol. The van der Waals surface area contributed by atoms with E-state index in [4.69, 9.17) is 5.84 Å². The molecule has 0 spiro atoms. The largest absolute Gasteiger partial charge is 0.352 e. The van der Waals surface area contributed by atoms with E-state index in [9.17, 15) is 0 Å². The SMILES string of the molecule is NNc1ncc(Br)c(N(CC2CC2)C2CC2)n1. The average Bonchev–Trinajstić information content (AvgIpc) is 3.19. The highest BCUT2D eigenvalue weighted by Gasteiger charge is 2.35. The van der Waals surface area contributed by atoms with Crippen LogP contribution in [-0.2, 0) is 0 Å². The molecule has 0 unspecified atom stereocenters. The first-order valence-electron chi connectivity index (χ1n) is 6.03. The summed E-state index contributed by atoms with van der Waals surface area (Å²) in [6, 6.07) is 0.660. The lowest BCUT2D eigenvalue weighted by Gasteiger charge is -2.24. The molecule has 3 N–H and O–H groups in total. The molecule has 1 aromatic heterocycles. The van der Waals surface area contributed by atoms with Crippen molar-refractivity contribution >= 4 is 27.7 Å². The maximum atomic E-state index is 5.37. The molecule has 5 nitrogen and oxygen atoms in total. The van der Waals surface area contributed by atoms with Crippen LogP contribution in [0, 0.1) is 5.92 Å². The second kappa shape index (κ2) is 4.42. The van der Waals surface area contributed by atoms with E-state index in [-0.39, 0.29) is 0 Å². The van der Waals surface area contributed by atoms with Crippen LogP contribution in [-0.4, -0.2) is 22.6 Å². The van der Waals surface area contributed by atoms with Crippen molar-refractivity contribution in [3.05, 3.63) is 10.7 Å². The lowest BCUT2D eigenvalue weighted by molar-refractivity contribution is 0.706. The topological polar surface area (TPSA) is 67.1 Å². The summed E-state index contributed by atoms with van der Waals surface area (Å²) in [5.74, 6) is 7.67. The molecular weight excluding hydrogens is 282 g/mol. The van der Waals surface area contributed by atoms with E-state index >= 15 is 0 Å². The number of aromatic nitrogens is 2. The first kappa shape index (κ1) is 11.2. The van der Waals surface area contributed by atoms with E-state index in [1.165, 1.54) is 25.7 Å². The zero-order valence-corrected chi connectivity index (χ0v) is 11.2. The minimum Gasteiger partial charge on any atom is -0.352 e. The number of nitrogen functional groups attached to an aromatic ring is 1. The van der Waals surface area contributed by atoms with Crippen LogP contribution in [0.5, 0.6) is 0 Å². The fourth-order valence-electron chi connectivity index (χ4n) is 2.00. The maximum Gasteiger partial charge on any atom is 0.239 e. The number of hydrogen-bond acceptors (Lipinski definition) is 5. The summed E-state index contributed by atoms with van der Waals surface area (Å²) in [4.78, 5) is 11.0. The van der Waals surface area contributed by atoms with Crippen molar-refractivity contribution in [2.24, 2.45) is 11.8 Å². The highest BCUT2D eigenvalue weighted by Crippen LogP contribution is 2.39. The Balaban J connectivity index is 1.87. The Kier molecular flexibility index (Phi) is 2.92. The molecule has 0 saturated heterocycles. The van der Waals surface area contributed by atoms with Gasteiger partial charge in [-0.25, -0.2) is 10.8 Å². The van der Waals surface area contributed by atoms with Crippen molar-refractivity contribution in [3.8, 4) is 0 Å². The molecular formula is C11H16BrN5. The van der Waals surface area contributed by atoms with Gasteiger partial charge in [-0.1, -0.05) is 0 Å². The van der Waals surface area contributed by atoms with Gasteiger partial charge in [-0.3, -0.25) is 5.43 Å². The van der Waals surface area contributed by atoms with E-state index in [1.54, 1.807) is 6.20 Å². The zero-order valence-electron chi connectivity index (χ0n) is 9.56. The third-order valence-electron chi connectivity index (χ3n) is 3.27. The molecule has 6 heteroatoms. The Hall–Kier alpha value is -0.880. The molecule has 0 bridgehead atoms. The zero-order chi connectivity index (χ0) is 11.8. The molecule has 2 aliphatic rings. The highest BCUT2D eigenvalue weighted by atomic mass is 79.9. The molecule has 2 aliphatic carbocycles. The van der Waals surface area contributed by atoms with Gasteiger partial charge in [0.1, 0.15) is 5.82 Å². The van der Waals surface area contributed by atoms with Crippen molar-refractivity contribution in [1.82, 2.24) is 9.97 Å². The maximum absolute atomic E-state index is 5.37. The first-order valence-corrected chi connectivity index (χ1v) is 6.83. The van der Waals surface area contributed by atoms with Crippen molar-refractivity contribution in [1.29, 1.82) is 0 Å². The number of nitrogens with zero attached hydrogens (tertiary/aromatic N) is 3. The predicted octanol–water partition coefficient (Wildman–Crippen LogP) is 1.90. The molecule has 17 heavy (non-hydrogen) atoms. The van der Waals surface area contributed by atoms with Crippen molar-refractivity contribution < 1.29 is 0 Å². The lowest BCUT2D eigenvalue weighted by atomic mass is 10.3. The highest BCUT2D eigenvalue weighted by molar-refractivity contribution is 9.10. The summed E-state index contributed by atoms with van der Waals surface area (Å²) < 4.78 is 0.948. The molecule has 0 amide bonds. The minimum absolute atomic E-state index is 0.477. The van der Waals surface area contributed by atoms with Gasteiger partial charge in [-0.15, -0.1) is 0 Å². The smallest absolute Gasteiger partial charge is 0.239 e. The van der Waals surface area contributed by atoms with Gasteiger partial charge in [0.15, 0.2) is 0 Å². The molecule has 0 aromatic carbocycles. The van der Waals surface area contributed by atoms with Gasteiger partial charge in [-0.05, 0) is 47.5 Å². The van der Waals surface area contributed by atoms with Crippen LogP contribution >= 0.6 is 15.9 Å². The molecule has 3 rings (SSSR count). The summed E-state index contributed by atoms with van der Waals surface area (Å²) in [5.41, 5.74) is 2.51. The summed E-state index contributed by atoms with van der Waals surface area (Å²) in [7, 11) is 0. The van der Waals surface area contributed by atoms with Crippen LogP contribution in [0.2, 0.25) is 0 Å². The van der Waals surface area contributed by atoms with E-state index < -0.39 is 0 Å². The van der Waals surface area contributed by atoms with Crippen molar-refractivity contribution in [3.63, 3.8) is 0 Å². The molecule has 0 radical (unpaired) electrons. The van der Waals surface area contributed by atoms with Crippen LogP contribution in [0.15, 0.2) is 10.7 Å². The summed E-state index contributed by atoms with van der Waals surface area (Å²) in [6.45, 7) is 1.12. The van der Waals surface area contributed by atoms with E-state index in [1.807, 2.05) is 0 Å². The van der Waals surface area contributed by atoms with Gasteiger partial charge in [0, 0.05) is 18.8 Å². The standard InChI is InChI=1S/C11H16BrN5/c12-9-5-14-11(16-13)15-10(9)17(8-3-4-8)6-7-1-2-7/h5,7-8H,1-4,6,13H2,(H,14,15,16). The summed E-state index contributed by atoms with van der Waals surface area (Å²) in [6.07, 6.45) is 7.02. The quantitative estimate of drug-likeness (QED) is 0.642. The van der Waals surface area contributed by atoms with E-state index in [0.717, 1.165) is 22.8 Å². The minimum atomic E-state index is 0.477. The van der Waals surface area contributed by atoms with Crippen molar-refractivity contribution in [2.75, 3.05) is 16.9 Å². The second-order valence-electron chi connectivity index (χ2n) is 4.84. The number of halogens is 1. The number of rotatable bonds is 5. The van der Waals surface area contributed by atoms with Crippen LogP contribution in [0.4, 0.5) is 11.8 Å². The number of anilines is 2. The van der Waals surface area contributed by atoms with Gasteiger partial charge >= 0.3 is 0 Å². The molecule has 0 atom stereocenters. The van der Waals surface area contributed by atoms with Gasteiger partial charge < -0.3 is 4.90 Å². The van der Waals surface area contributed by atoms with Gasteiger partial charge in [0.2, 0.25) is 5.95 Å². The number of hydrogen-bond donors (Lipinski definition) is 2. The lowest BCUT2D eigenvalue weighted by Crippen LogP contribution is -2.29. The molecule has 1 heterocycles. The molecule has 2 saturated carbocycles. The van der Waals surface area contributed by atoms with Gasteiger partial charge in [0.25, 0.3) is 0 Å². The Morgan fingerprint density at radius 1 is 1.41 bits per heavy atom. The average molecular weight is 298 g/mol. The van der Waals surface area contributed by atoms with Crippen molar-refractivity contribution in [2.45, 2.75) is 31.7 Å². The Morgan fingerprint density at radius 2 is 2.18 bits per heavy atom. The third-order valence-corrected chi connectivity index (χ3v) is 3.83. The Bertz CT molecular complexity index is 416. The Labute approximate surface area is 109 Å². The number of hydrazine groups is 1. The van der Waals surface area contributed by atoms with Crippen LogP contribution in [0.1, 0.15) is 25.7 Å². The van der Waals surface area contributed by atoms with E-state index in [2.05, 4.69) is 36.2 Å². The predicted molar refractivity (Wildman–Crippen MR) is 70.6 cm³/mol. The van der Waals surface area contributed by atoms with Gasteiger partial charge in [0.05, 0.1) is 4.47 Å². The Morgan fingerprint density at radius 3 is 2.76 bits per heavy atom. The normalized spacial score (nSPS) is 19.2. The van der Waals surface area contributed by atoms with Crippen LogP contribution < -0.4 is 16.2 Å². The number of nitrogens with one attached hydrogen (secondary N) is 1. The molecule has 2 fully saturated rings. The van der Waals surface area contributed by atoms with Gasteiger partial charge in [-0.2, -0.15) is 4.98 Å². The van der Waals surface area contributed by atoms with E-state index in [0.29, 0.717) is 12.0 Å². The number of nitrogens with two attached hydrogens (primary N) is 1. The molecule has 1 aromatic rings. The van der Waals surface area contributed by atoms with Crippen LogP contribution in [0.3, 0.4) is 0 Å². The molecule has 0 aliphatic heterocycles. The first-order chi connectivity index (χ1) is 8.28. The fraction of sp³-hybridized carbons (Fsp3) is 0.636. The molecule has 92 valence electrons.